The van der Waals surface area contributed by atoms with E-state index in [9.17, 15) is 0 Å². The van der Waals surface area contributed by atoms with Gasteiger partial charge in [0.05, 0.1) is 24.7 Å². The lowest BCUT2D eigenvalue weighted by atomic mass is 10.3. The maximum atomic E-state index is 8.50. The van der Waals surface area contributed by atoms with Crippen molar-refractivity contribution in [1.82, 2.24) is 0 Å². The predicted octanol–water partition coefficient (Wildman–Crippen LogP) is 1.46. The van der Waals surface area contributed by atoms with E-state index in [-0.39, 0.29) is 24.1 Å². The maximum absolute atomic E-state index is 8.50. The zero-order valence-corrected chi connectivity index (χ0v) is 10.3. The minimum atomic E-state index is -0.647. The van der Waals surface area contributed by atoms with Crippen LogP contribution in [0.2, 0.25) is 0 Å². The Bertz CT molecular complexity index is 169. The monoisotopic (exact) mass is 274 g/mol. The third kappa shape index (κ3) is 24.8. The Morgan fingerprint density at radius 1 is 1.00 bits per heavy atom. The normalized spacial score (nSPS) is 10.1. The fourth-order valence-corrected chi connectivity index (χ4v) is 0.640. The Hall–Kier alpha value is -0.230. The average molecular weight is 276 g/mol. The van der Waals surface area contributed by atoms with E-state index in [1.165, 1.54) is 0 Å². The van der Waals surface area contributed by atoms with Gasteiger partial charge < -0.3 is 10.2 Å². The highest BCUT2D eigenvalue weighted by Gasteiger charge is 1.96. The molecule has 0 aromatic rings. The van der Waals surface area contributed by atoms with Gasteiger partial charge in [0.15, 0.2) is 0 Å². The van der Waals surface area contributed by atoms with Gasteiger partial charge in [-0.2, -0.15) is 5.26 Å². The second-order valence-electron chi connectivity index (χ2n) is 2.13. The van der Waals surface area contributed by atoms with Crippen LogP contribution in [0.1, 0.15) is 6.42 Å². The van der Waals surface area contributed by atoms with E-state index in [1.54, 1.807) is 6.07 Å². The highest BCUT2D eigenvalue weighted by atomic mass is 35.5. The first-order valence-corrected chi connectivity index (χ1v) is 5.39. The Morgan fingerprint density at radius 3 is 1.40 bits per heavy atom. The first-order chi connectivity index (χ1) is 7.12. The zero-order valence-electron chi connectivity index (χ0n) is 7.98. The molecule has 0 aromatic carbocycles. The fourth-order valence-electron chi connectivity index (χ4n) is 0.201. The summed E-state index contributed by atoms with van der Waals surface area (Å²) in [6.07, 6.45) is -1.05. The van der Waals surface area contributed by atoms with Crippen molar-refractivity contribution in [2.75, 3.05) is 17.6 Å². The number of nitriles is 2. The first-order valence-electron chi connectivity index (χ1n) is 3.79. The molecule has 0 saturated carbocycles. The van der Waals surface area contributed by atoms with Crippen LogP contribution in [0, 0.1) is 23.2 Å². The Morgan fingerprint density at radius 2 is 1.33 bits per heavy atom. The second-order valence-corrected chi connectivity index (χ2v) is 3.06. The van der Waals surface area contributed by atoms with Crippen LogP contribution in [-0.2, 0) is 0 Å². The van der Waals surface area contributed by atoms with Crippen molar-refractivity contribution in [2.45, 2.75) is 18.6 Å². The molecule has 0 saturated heterocycles. The topological polar surface area (TPSA) is 88.0 Å². The molecule has 15 heavy (non-hydrogen) atoms. The molecule has 0 radical (unpaired) electrons. The van der Waals surface area contributed by atoms with Crippen molar-refractivity contribution < 1.29 is 10.2 Å². The molecule has 0 amide bonds. The molecule has 0 aliphatic carbocycles. The molecular formula is C8H13Cl3N2O2. The lowest BCUT2D eigenvalue weighted by molar-refractivity contribution is 0.203. The van der Waals surface area contributed by atoms with Gasteiger partial charge in [0.1, 0.15) is 0 Å². The molecular weight excluding hydrogens is 262 g/mol. The van der Waals surface area contributed by atoms with Crippen molar-refractivity contribution in [3.8, 4) is 12.6 Å². The fraction of sp³-hybridized carbons (Fsp3) is 0.750. The smallest absolute Gasteiger partial charge is 0.0810 e. The summed E-state index contributed by atoms with van der Waals surface area (Å²) in [4.78, 5) is 0. The lowest BCUT2D eigenvalue weighted by Crippen LogP contribution is -2.08. The van der Waals surface area contributed by atoms with E-state index in [0.29, 0.717) is 0 Å². The molecule has 7 heteroatoms. The largest absolute Gasteiger partial charge is 0.391 e. The molecule has 4 nitrogen and oxygen atoms in total. The van der Waals surface area contributed by atoms with Gasteiger partial charge in [-0.05, 0) is 0 Å². The molecule has 0 rings (SSSR count). The summed E-state index contributed by atoms with van der Waals surface area (Å²) >= 11 is 15.4. The van der Waals surface area contributed by atoms with Crippen LogP contribution in [-0.4, -0.2) is 40.1 Å². The van der Waals surface area contributed by atoms with E-state index >= 15 is 0 Å². The molecule has 0 unspecified atom stereocenters. The molecule has 0 aliphatic heterocycles. The lowest BCUT2D eigenvalue weighted by Gasteiger charge is -1.94. The number of nitrogens with zero attached hydrogens (tertiary/aromatic N) is 2. The Labute approximate surface area is 105 Å². The standard InChI is InChI=1S/C4H6ClNO.C3H6Cl2O.CHN/c5-3-4(7)1-2-6;4-1-3(6)2-5;1-2/h4,7H,1,3H2;3,6H,1-2H2;1H/t4-;;/m1../s1. The van der Waals surface area contributed by atoms with Gasteiger partial charge in [-0.1, -0.05) is 0 Å². The highest BCUT2D eigenvalue weighted by molar-refractivity contribution is 6.21. The van der Waals surface area contributed by atoms with Crippen molar-refractivity contribution in [3.63, 3.8) is 0 Å². The molecule has 0 fully saturated rings. The molecule has 0 bridgehead atoms. The third-order valence-electron chi connectivity index (χ3n) is 0.861. The molecule has 0 aromatic heterocycles. The highest BCUT2D eigenvalue weighted by Crippen LogP contribution is 1.90. The predicted molar refractivity (Wildman–Crippen MR) is 61.1 cm³/mol. The van der Waals surface area contributed by atoms with Crippen LogP contribution in [0.15, 0.2) is 0 Å². The number of hydrogen-bond acceptors (Lipinski definition) is 4. The van der Waals surface area contributed by atoms with Crippen LogP contribution in [0.4, 0.5) is 0 Å². The summed E-state index contributed by atoms with van der Waals surface area (Å²) in [5.41, 5.74) is 0. The van der Waals surface area contributed by atoms with Gasteiger partial charge in [0.25, 0.3) is 0 Å². The van der Waals surface area contributed by atoms with E-state index < -0.39 is 12.2 Å². The maximum Gasteiger partial charge on any atom is 0.0810 e. The number of aliphatic hydroxyl groups excluding tert-OH is 2. The summed E-state index contributed by atoms with van der Waals surface area (Å²) in [6.45, 7) is 3.50. The van der Waals surface area contributed by atoms with Gasteiger partial charge in [-0.15, -0.1) is 34.8 Å². The summed E-state index contributed by atoms with van der Waals surface area (Å²) in [7, 11) is 0. The van der Waals surface area contributed by atoms with Crippen LogP contribution >= 0.6 is 34.8 Å². The molecule has 0 spiro atoms. The molecule has 88 valence electrons. The molecule has 2 N–H and O–H groups in total. The Balaban J connectivity index is -0.000000166. The van der Waals surface area contributed by atoms with Gasteiger partial charge in [-0.3, -0.25) is 0 Å². The van der Waals surface area contributed by atoms with Gasteiger partial charge >= 0.3 is 0 Å². The first kappa shape index (κ1) is 20.2. The second kappa shape index (κ2) is 19.4. The van der Waals surface area contributed by atoms with Crippen LogP contribution in [0.5, 0.6) is 0 Å². The number of alkyl halides is 3. The number of rotatable bonds is 4. The Kier molecular flexibility index (Phi) is 26.1. The van der Waals surface area contributed by atoms with E-state index in [2.05, 4.69) is 6.57 Å². The summed E-state index contributed by atoms with van der Waals surface area (Å²) in [5.74, 6) is 0.598. The van der Waals surface area contributed by atoms with E-state index in [4.69, 9.17) is 55.5 Å². The van der Waals surface area contributed by atoms with E-state index in [1.807, 2.05) is 0 Å². The summed E-state index contributed by atoms with van der Waals surface area (Å²) < 4.78 is 0. The van der Waals surface area contributed by atoms with Crippen molar-refractivity contribution in [1.29, 1.82) is 10.5 Å². The average Bonchev–Trinajstić information content (AvgIpc) is 2.31. The SMILES string of the molecule is C#N.N#CC[C@@H](O)CCl.OC(CCl)CCl. The quantitative estimate of drug-likeness (QED) is 0.760. The van der Waals surface area contributed by atoms with Crippen LogP contribution in [0.25, 0.3) is 0 Å². The minimum Gasteiger partial charge on any atom is -0.391 e. The van der Waals surface area contributed by atoms with Crippen molar-refractivity contribution in [2.24, 2.45) is 0 Å². The molecule has 0 aliphatic rings. The van der Waals surface area contributed by atoms with Crippen molar-refractivity contribution >= 4 is 34.8 Å². The number of aliphatic hydroxyl groups is 2. The van der Waals surface area contributed by atoms with Gasteiger partial charge in [0, 0.05) is 24.2 Å². The molecule has 0 heterocycles. The van der Waals surface area contributed by atoms with Gasteiger partial charge in [0.2, 0.25) is 0 Å². The summed E-state index contributed by atoms with van der Waals surface area (Å²) in [5, 5.41) is 31.3. The van der Waals surface area contributed by atoms with Gasteiger partial charge in [-0.25, -0.2) is 5.26 Å². The summed E-state index contributed by atoms with van der Waals surface area (Å²) in [6, 6.07) is 1.78. The number of halogens is 3. The minimum absolute atomic E-state index is 0.128. The van der Waals surface area contributed by atoms with E-state index in [0.717, 1.165) is 0 Å². The van der Waals surface area contributed by atoms with Crippen LogP contribution in [0.3, 0.4) is 0 Å². The molecule has 1 atom stereocenters. The third-order valence-corrected chi connectivity index (χ3v) is 1.93. The number of hydrogen-bond donors (Lipinski definition) is 2. The van der Waals surface area contributed by atoms with Crippen molar-refractivity contribution in [3.05, 3.63) is 0 Å². The van der Waals surface area contributed by atoms with Crippen LogP contribution < -0.4 is 0 Å². The zero-order chi connectivity index (χ0) is 12.7.